The van der Waals surface area contributed by atoms with Gasteiger partial charge in [-0.25, -0.2) is 0 Å². The molecule has 102 valence electrons. The molecule has 0 aliphatic carbocycles. The van der Waals surface area contributed by atoms with E-state index in [0.29, 0.717) is 0 Å². The summed E-state index contributed by atoms with van der Waals surface area (Å²) in [5, 5.41) is 18.8. The quantitative estimate of drug-likeness (QED) is 0.735. The summed E-state index contributed by atoms with van der Waals surface area (Å²) < 4.78 is 0. The van der Waals surface area contributed by atoms with Crippen LogP contribution in [-0.2, 0) is 5.41 Å². The SMILES string of the molecule is CC(C)(C)c1cc(O)cc(-n2nc3ccccc3n2)c1. The van der Waals surface area contributed by atoms with Crippen molar-refractivity contribution in [3.8, 4) is 11.4 Å². The van der Waals surface area contributed by atoms with Gasteiger partial charge >= 0.3 is 0 Å². The Bertz CT molecular complexity index is 736. The molecule has 0 saturated carbocycles. The van der Waals surface area contributed by atoms with Gasteiger partial charge in [-0.2, -0.15) is 4.80 Å². The van der Waals surface area contributed by atoms with Crippen molar-refractivity contribution in [1.29, 1.82) is 0 Å². The van der Waals surface area contributed by atoms with Gasteiger partial charge in [0.15, 0.2) is 0 Å². The number of aromatic nitrogens is 3. The highest BCUT2D eigenvalue weighted by atomic mass is 16.3. The molecular weight excluding hydrogens is 250 g/mol. The number of phenols is 1. The predicted octanol–water partition coefficient (Wildman–Crippen LogP) is 3.42. The van der Waals surface area contributed by atoms with Crippen molar-refractivity contribution in [2.24, 2.45) is 0 Å². The molecule has 0 bridgehead atoms. The molecule has 4 nitrogen and oxygen atoms in total. The zero-order valence-electron chi connectivity index (χ0n) is 11.8. The van der Waals surface area contributed by atoms with Crippen molar-refractivity contribution < 1.29 is 5.11 Å². The van der Waals surface area contributed by atoms with Gasteiger partial charge in [0.1, 0.15) is 16.8 Å². The zero-order chi connectivity index (χ0) is 14.3. The fraction of sp³-hybridized carbons (Fsp3) is 0.250. The molecule has 1 N–H and O–H groups in total. The van der Waals surface area contributed by atoms with E-state index >= 15 is 0 Å². The highest BCUT2D eigenvalue weighted by Crippen LogP contribution is 2.28. The Hall–Kier alpha value is -2.36. The first kappa shape index (κ1) is 12.7. The second kappa shape index (κ2) is 4.34. The number of rotatable bonds is 1. The minimum Gasteiger partial charge on any atom is -0.508 e. The van der Waals surface area contributed by atoms with Gasteiger partial charge in [0.25, 0.3) is 0 Å². The summed E-state index contributed by atoms with van der Waals surface area (Å²) in [6.07, 6.45) is 0. The highest BCUT2D eigenvalue weighted by molar-refractivity contribution is 5.73. The smallest absolute Gasteiger partial charge is 0.118 e. The van der Waals surface area contributed by atoms with Crippen LogP contribution in [0.5, 0.6) is 5.75 Å². The first-order valence-corrected chi connectivity index (χ1v) is 6.60. The fourth-order valence-corrected chi connectivity index (χ4v) is 2.12. The maximum Gasteiger partial charge on any atom is 0.118 e. The Morgan fingerprint density at radius 3 is 2.10 bits per heavy atom. The molecule has 20 heavy (non-hydrogen) atoms. The van der Waals surface area contributed by atoms with E-state index in [1.807, 2.05) is 30.3 Å². The molecular formula is C16H17N3O. The molecule has 0 aliphatic heterocycles. The van der Waals surface area contributed by atoms with E-state index in [9.17, 15) is 5.11 Å². The zero-order valence-corrected chi connectivity index (χ0v) is 11.8. The van der Waals surface area contributed by atoms with E-state index in [-0.39, 0.29) is 11.2 Å². The molecule has 3 aromatic rings. The molecule has 4 heteroatoms. The summed E-state index contributed by atoms with van der Waals surface area (Å²) in [4.78, 5) is 1.57. The van der Waals surface area contributed by atoms with E-state index in [2.05, 4.69) is 31.0 Å². The summed E-state index contributed by atoms with van der Waals surface area (Å²) in [7, 11) is 0. The Labute approximate surface area is 117 Å². The van der Waals surface area contributed by atoms with E-state index in [1.54, 1.807) is 16.9 Å². The van der Waals surface area contributed by atoms with Gasteiger partial charge in [-0.05, 0) is 35.2 Å². The number of hydrogen-bond donors (Lipinski definition) is 1. The van der Waals surface area contributed by atoms with Gasteiger partial charge in [-0.1, -0.05) is 32.9 Å². The van der Waals surface area contributed by atoms with E-state index in [4.69, 9.17) is 0 Å². The maximum atomic E-state index is 9.92. The Kier molecular flexibility index (Phi) is 2.74. The lowest BCUT2D eigenvalue weighted by Crippen LogP contribution is -2.12. The maximum absolute atomic E-state index is 9.92. The highest BCUT2D eigenvalue weighted by Gasteiger charge is 2.16. The van der Waals surface area contributed by atoms with Crippen LogP contribution in [-0.4, -0.2) is 20.1 Å². The second-order valence-corrected chi connectivity index (χ2v) is 5.97. The molecule has 3 rings (SSSR count). The van der Waals surface area contributed by atoms with Crippen LogP contribution in [0.1, 0.15) is 26.3 Å². The van der Waals surface area contributed by atoms with Crippen LogP contribution in [0.15, 0.2) is 42.5 Å². The predicted molar refractivity (Wildman–Crippen MR) is 79.2 cm³/mol. The van der Waals surface area contributed by atoms with Gasteiger partial charge in [-0.3, -0.25) is 0 Å². The molecule has 0 atom stereocenters. The third kappa shape index (κ3) is 2.25. The van der Waals surface area contributed by atoms with Crippen molar-refractivity contribution in [2.75, 3.05) is 0 Å². The van der Waals surface area contributed by atoms with Crippen molar-refractivity contribution in [3.63, 3.8) is 0 Å². The molecule has 0 unspecified atom stereocenters. The van der Waals surface area contributed by atoms with Crippen molar-refractivity contribution in [3.05, 3.63) is 48.0 Å². The molecule has 0 amide bonds. The first-order chi connectivity index (χ1) is 9.43. The monoisotopic (exact) mass is 267 g/mol. The number of hydrogen-bond acceptors (Lipinski definition) is 3. The molecule has 0 aliphatic rings. The standard InChI is InChI=1S/C16H17N3O/c1-16(2,3)11-8-12(10-13(20)9-11)19-17-14-6-4-5-7-15(14)18-19/h4-10,20H,1-3H3. The molecule has 0 saturated heterocycles. The minimum absolute atomic E-state index is 0.0416. The van der Waals surface area contributed by atoms with E-state index in [0.717, 1.165) is 22.3 Å². The summed E-state index contributed by atoms with van der Waals surface area (Å²) in [5.74, 6) is 0.230. The topological polar surface area (TPSA) is 50.9 Å². The van der Waals surface area contributed by atoms with E-state index < -0.39 is 0 Å². The number of fused-ring (bicyclic) bond motifs is 1. The lowest BCUT2D eigenvalue weighted by atomic mass is 9.87. The summed E-state index contributed by atoms with van der Waals surface area (Å²) in [5.41, 5.74) is 3.46. The molecule has 2 aromatic carbocycles. The molecule has 0 spiro atoms. The van der Waals surface area contributed by atoms with Crippen LogP contribution in [0.25, 0.3) is 16.7 Å². The number of phenolic OH excluding ortho intramolecular Hbond substituents is 1. The third-order valence-corrected chi connectivity index (χ3v) is 3.29. The number of benzene rings is 2. The van der Waals surface area contributed by atoms with Crippen molar-refractivity contribution in [2.45, 2.75) is 26.2 Å². The van der Waals surface area contributed by atoms with Gasteiger partial charge in [0.2, 0.25) is 0 Å². The average molecular weight is 267 g/mol. The summed E-state index contributed by atoms with van der Waals surface area (Å²) in [6, 6.07) is 13.2. The van der Waals surface area contributed by atoms with Crippen LogP contribution >= 0.6 is 0 Å². The Balaban J connectivity index is 2.16. The second-order valence-electron chi connectivity index (χ2n) is 5.97. The van der Waals surface area contributed by atoms with E-state index in [1.165, 1.54) is 0 Å². The largest absolute Gasteiger partial charge is 0.508 e. The van der Waals surface area contributed by atoms with Crippen LogP contribution < -0.4 is 0 Å². The molecule has 1 heterocycles. The Morgan fingerprint density at radius 2 is 1.55 bits per heavy atom. The number of aromatic hydroxyl groups is 1. The summed E-state index contributed by atoms with van der Waals surface area (Å²) >= 11 is 0. The van der Waals surface area contributed by atoms with Gasteiger partial charge in [0.05, 0.1) is 5.69 Å². The van der Waals surface area contributed by atoms with Crippen LogP contribution in [0.4, 0.5) is 0 Å². The average Bonchev–Trinajstić information content (AvgIpc) is 2.80. The lowest BCUT2D eigenvalue weighted by molar-refractivity contribution is 0.470. The minimum atomic E-state index is -0.0416. The normalized spacial score (nSPS) is 11.9. The van der Waals surface area contributed by atoms with Crippen LogP contribution in [0.3, 0.4) is 0 Å². The molecule has 1 aromatic heterocycles. The summed E-state index contributed by atoms with van der Waals surface area (Å²) in [6.45, 7) is 6.33. The van der Waals surface area contributed by atoms with Gasteiger partial charge < -0.3 is 5.11 Å². The van der Waals surface area contributed by atoms with Gasteiger partial charge in [-0.15, -0.1) is 10.2 Å². The molecule has 0 fully saturated rings. The van der Waals surface area contributed by atoms with Crippen LogP contribution in [0, 0.1) is 0 Å². The van der Waals surface area contributed by atoms with Crippen molar-refractivity contribution >= 4 is 11.0 Å². The fourth-order valence-electron chi connectivity index (χ4n) is 2.12. The van der Waals surface area contributed by atoms with Gasteiger partial charge in [0, 0.05) is 6.07 Å². The van der Waals surface area contributed by atoms with Crippen molar-refractivity contribution in [1.82, 2.24) is 15.0 Å². The lowest BCUT2D eigenvalue weighted by Gasteiger charge is -2.20. The van der Waals surface area contributed by atoms with Crippen LogP contribution in [0.2, 0.25) is 0 Å². The Morgan fingerprint density at radius 1 is 0.950 bits per heavy atom. The molecule has 0 radical (unpaired) electrons. The first-order valence-electron chi connectivity index (χ1n) is 6.60. The number of nitrogens with zero attached hydrogens (tertiary/aromatic N) is 3. The third-order valence-electron chi connectivity index (χ3n) is 3.29.